The number of aromatic amines is 1. The van der Waals surface area contributed by atoms with Gasteiger partial charge in [-0.05, 0) is 13.8 Å². The molecule has 0 aliphatic carbocycles. The highest BCUT2D eigenvalue weighted by Gasteiger charge is 2.54. The topological polar surface area (TPSA) is 125 Å². The van der Waals surface area contributed by atoms with Gasteiger partial charge in [-0.1, -0.05) is 0 Å². The number of aliphatic hydroxyl groups excluding tert-OH is 2. The van der Waals surface area contributed by atoms with Crippen molar-refractivity contribution in [1.29, 1.82) is 0 Å². The van der Waals surface area contributed by atoms with Crippen LogP contribution in [0.2, 0.25) is 0 Å². The second-order valence-corrected chi connectivity index (χ2v) is 4.88. The number of hydrogen-bond donors (Lipinski definition) is 4. The molecule has 1 aliphatic heterocycles. The monoisotopic (exact) mass is 272 g/mol. The van der Waals surface area contributed by atoms with E-state index in [2.05, 4.69) is 0 Å². The minimum atomic E-state index is -1.77. The number of nitrogens with zero attached hydrogens (tertiary/aromatic N) is 1. The van der Waals surface area contributed by atoms with E-state index in [1.807, 2.05) is 4.98 Å². The van der Waals surface area contributed by atoms with Crippen molar-refractivity contribution in [3.8, 4) is 0 Å². The van der Waals surface area contributed by atoms with Gasteiger partial charge < -0.3 is 20.1 Å². The van der Waals surface area contributed by atoms with Crippen molar-refractivity contribution in [2.75, 3.05) is 0 Å². The maximum atomic E-state index is 11.7. The van der Waals surface area contributed by atoms with Gasteiger partial charge in [0.15, 0.2) is 6.23 Å². The first-order valence-corrected chi connectivity index (χ1v) is 5.80. The van der Waals surface area contributed by atoms with Gasteiger partial charge >= 0.3 is 5.69 Å². The van der Waals surface area contributed by atoms with Crippen LogP contribution in [0.4, 0.5) is 0 Å². The Kier molecular flexibility index (Phi) is 3.35. The third-order valence-electron chi connectivity index (χ3n) is 3.28. The van der Waals surface area contributed by atoms with Crippen molar-refractivity contribution in [3.05, 3.63) is 33.1 Å². The van der Waals surface area contributed by atoms with Gasteiger partial charge in [-0.15, -0.1) is 0 Å². The van der Waals surface area contributed by atoms with Crippen molar-refractivity contribution < 1.29 is 20.1 Å². The maximum Gasteiger partial charge on any atom is 0.330 e. The Balaban J connectivity index is 2.45. The normalized spacial score (nSPS) is 36.4. The Hall–Kier alpha value is -1.48. The lowest BCUT2D eigenvalue weighted by atomic mass is 9.94. The maximum absolute atomic E-state index is 11.7. The molecule has 0 amide bonds. The van der Waals surface area contributed by atoms with E-state index in [0.717, 1.165) is 16.8 Å². The highest BCUT2D eigenvalue weighted by atomic mass is 16.6. The molecule has 4 N–H and O–H groups in total. The molecule has 0 spiro atoms. The van der Waals surface area contributed by atoms with Crippen molar-refractivity contribution in [2.24, 2.45) is 0 Å². The Labute approximate surface area is 107 Å². The number of rotatable bonds is 2. The first-order valence-electron chi connectivity index (χ1n) is 5.80. The molecule has 0 radical (unpaired) electrons. The lowest BCUT2D eigenvalue weighted by Gasteiger charge is -2.27. The molecule has 106 valence electrons. The molecular weight excluding hydrogens is 256 g/mol. The minimum absolute atomic E-state index is 0.577. The first kappa shape index (κ1) is 13.9. The van der Waals surface area contributed by atoms with Crippen LogP contribution >= 0.6 is 0 Å². The van der Waals surface area contributed by atoms with Gasteiger partial charge in [-0.2, -0.15) is 0 Å². The fourth-order valence-electron chi connectivity index (χ4n) is 2.18. The summed E-state index contributed by atoms with van der Waals surface area (Å²) in [4.78, 5) is 24.7. The van der Waals surface area contributed by atoms with Gasteiger partial charge in [0.05, 0.1) is 6.10 Å². The standard InChI is InChI=1S/C11H16N2O6/c1-5(14)7-8(16)11(2,18)9(19-7)13-4-3-6(15)12-10(13)17/h3-5,7-9,14,16,18H,1-2H3,(H,12,15,17)/t5-,7-,8-,9-,11-/m1/s1. The summed E-state index contributed by atoms with van der Waals surface area (Å²) in [5, 5.41) is 29.7. The summed E-state index contributed by atoms with van der Waals surface area (Å²) >= 11 is 0. The van der Waals surface area contributed by atoms with Gasteiger partial charge in [-0.25, -0.2) is 4.79 Å². The zero-order chi connectivity index (χ0) is 14.4. The molecule has 5 atom stereocenters. The van der Waals surface area contributed by atoms with Crippen LogP contribution < -0.4 is 11.2 Å². The Morgan fingerprint density at radius 3 is 2.63 bits per heavy atom. The quantitative estimate of drug-likeness (QED) is 0.490. The summed E-state index contributed by atoms with van der Waals surface area (Å²) in [6.45, 7) is 2.70. The molecule has 1 aromatic heterocycles. The lowest BCUT2D eigenvalue weighted by molar-refractivity contribution is -0.103. The van der Waals surface area contributed by atoms with Crippen molar-refractivity contribution in [2.45, 2.75) is 44.0 Å². The fraction of sp³-hybridized carbons (Fsp3) is 0.636. The van der Waals surface area contributed by atoms with Gasteiger partial charge in [0, 0.05) is 12.3 Å². The van der Waals surface area contributed by atoms with Crippen LogP contribution in [-0.4, -0.2) is 48.8 Å². The SMILES string of the molecule is C[C@@H](O)[C@H]1O[C@@H](n2ccc(=O)[nH]c2=O)[C@](C)(O)[C@@H]1O. The lowest BCUT2D eigenvalue weighted by Crippen LogP contribution is -2.47. The number of hydrogen-bond acceptors (Lipinski definition) is 6. The molecule has 1 aliphatic rings. The molecule has 19 heavy (non-hydrogen) atoms. The van der Waals surface area contributed by atoms with Crippen molar-refractivity contribution >= 4 is 0 Å². The summed E-state index contributed by atoms with van der Waals surface area (Å²) in [6, 6.07) is 1.10. The molecule has 0 bridgehead atoms. The van der Waals surface area contributed by atoms with Gasteiger partial charge in [0.25, 0.3) is 5.56 Å². The van der Waals surface area contributed by atoms with Crippen LogP contribution in [0.3, 0.4) is 0 Å². The van der Waals surface area contributed by atoms with E-state index in [4.69, 9.17) is 4.74 Å². The summed E-state index contributed by atoms with van der Waals surface area (Å²) in [5.41, 5.74) is -3.12. The molecule has 1 saturated heterocycles. The molecule has 2 heterocycles. The summed E-state index contributed by atoms with van der Waals surface area (Å²) < 4.78 is 6.31. The zero-order valence-corrected chi connectivity index (χ0v) is 10.5. The van der Waals surface area contributed by atoms with E-state index in [1.54, 1.807) is 0 Å². The minimum Gasteiger partial charge on any atom is -0.391 e. The molecule has 0 saturated carbocycles. The Morgan fingerprint density at radius 1 is 1.53 bits per heavy atom. The van der Waals surface area contributed by atoms with Crippen molar-refractivity contribution in [3.63, 3.8) is 0 Å². The summed E-state index contributed by atoms with van der Waals surface area (Å²) in [5.74, 6) is 0. The first-order chi connectivity index (χ1) is 8.75. The average molecular weight is 272 g/mol. The van der Waals surface area contributed by atoms with Gasteiger partial charge in [0.2, 0.25) is 0 Å². The van der Waals surface area contributed by atoms with Crippen molar-refractivity contribution in [1.82, 2.24) is 9.55 Å². The average Bonchev–Trinajstić information content (AvgIpc) is 2.52. The zero-order valence-electron chi connectivity index (χ0n) is 10.5. The molecule has 8 nitrogen and oxygen atoms in total. The summed E-state index contributed by atoms with van der Waals surface area (Å²) in [6.07, 6.45) is -3.45. The Morgan fingerprint density at radius 2 is 2.16 bits per heavy atom. The van der Waals surface area contributed by atoms with E-state index in [-0.39, 0.29) is 0 Å². The second kappa shape index (κ2) is 4.57. The predicted molar refractivity (Wildman–Crippen MR) is 63.5 cm³/mol. The van der Waals surface area contributed by atoms with E-state index in [0.29, 0.717) is 0 Å². The molecule has 1 fully saturated rings. The van der Waals surface area contributed by atoms with Crippen LogP contribution in [0, 0.1) is 0 Å². The number of ether oxygens (including phenoxy) is 1. The summed E-state index contributed by atoms with van der Waals surface area (Å²) in [7, 11) is 0. The van der Waals surface area contributed by atoms with E-state index in [9.17, 15) is 24.9 Å². The molecule has 1 aromatic rings. The van der Waals surface area contributed by atoms with E-state index < -0.39 is 41.4 Å². The van der Waals surface area contributed by atoms with Gasteiger partial charge in [0.1, 0.15) is 17.8 Å². The highest BCUT2D eigenvalue weighted by molar-refractivity contribution is 5.02. The fourth-order valence-corrected chi connectivity index (χ4v) is 2.18. The highest BCUT2D eigenvalue weighted by Crippen LogP contribution is 2.38. The van der Waals surface area contributed by atoms with E-state index >= 15 is 0 Å². The molecule has 0 unspecified atom stereocenters. The molecule has 0 aromatic carbocycles. The largest absolute Gasteiger partial charge is 0.391 e. The number of aliphatic hydroxyl groups is 3. The third-order valence-corrected chi connectivity index (χ3v) is 3.28. The smallest absolute Gasteiger partial charge is 0.330 e. The number of aromatic nitrogens is 2. The third kappa shape index (κ3) is 2.23. The van der Waals surface area contributed by atoms with Crippen LogP contribution in [-0.2, 0) is 4.74 Å². The molecular formula is C11H16N2O6. The van der Waals surface area contributed by atoms with E-state index in [1.165, 1.54) is 13.8 Å². The molecule has 8 heteroatoms. The molecule has 2 rings (SSSR count). The van der Waals surface area contributed by atoms with Gasteiger partial charge in [-0.3, -0.25) is 14.3 Å². The predicted octanol–water partition coefficient (Wildman–Crippen LogP) is -2.07. The number of nitrogens with one attached hydrogen (secondary N) is 1. The van der Waals surface area contributed by atoms with Crippen LogP contribution in [0.25, 0.3) is 0 Å². The Bertz CT molecular complexity index is 575. The number of H-pyrrole nitrogens is 1. The van der Waals surface area contributed by atoms with Crippen LogP contribution in [0.5, 0.6) is 0 Å². The second-order valence-electron chi connectivity index (χ2n) is 4.88. The van der Waals surface area contributed by atoms with Crippen LogP contribution in [0.1, 0.15) is 20.1 Å². The van der Waals surface area contributed by atoms with Crippen LogP contribution in [0.15, 0.2) is 21.9 Å².